The Labute approximate surface area is 189 Å². The first-order valence-electron chi connectivity index (χ1n) is 11.1. The number of Topliss-reactive ketones (excluding diaryl/α,β-unsaturated/α-hetero) is 1. The van der Waals surface area contributed by atoms with Gasteiger partial charge in [0, 0.05) is 36.9 Å². The van der Waals surface area contributed by atoms with Crippen LogP contribution in [0.25, 0.3) is 0 Å². The van der Waals surface area contributed by atoms with Crippen molar-refractivity contribution in [1.82, 2.24) is 10.2 Å². The summed E-state index contributed by atoms with van der Waals surface area (Å²) in [6.45, 7) is 12.7. The van der Waals surface area contributed by atoms with E-state index in [4.69, 9.17) is 5.11 Å². The molecule has 0 aliphatic carbocycles. The number of anilines is 1. The number of rotatable bonds is 9. The fourth-order valence-electron chi connectivity index (χ4n) is 3.04. The molecule has 2 rings (SSSR count). The maximum Gasteiger partial charge on any atom is 0.143 e. The van der Waals surface area contributed by atoms with Gasteiger partial charge in [0.1, 0.15) is 5.78 Å². The summed E-state index contributed by atoms with van der Waals surface area (Å²) in [6, 6.07) is 6.55. The maximum absolute atomic E-state index is 11.1. The Hall–Kier alpha value is -1.99. The quantitative estimate of drug-likeness (QED) is 0.447. The van der Waals surface area contributed by atoms with Gasteiger partial charge in [-0.25, -0.2) is 0 Å². The van der Waals surface area contributed by atoms with E-state index in [1.807, 2.05) is 38.3 Å². The van der Waals surface area contributed by atoms with Gasteiger partial charge in [-0.3, -0.25) is 9.69 Å². The predicted octanol–water partition coefficient (Wildman–Crippen LogP) is 3.29. The molecule has 1 aliphatic rings. The van der Waals surface area contributed by atoms with Gasteiger partial charge in [-0.15, -0.1) is 6.58 Å². The van der Waals surface area contributed by atoms with E-state index in [-0.39, 0.29) is 19.0 Å². The van der Waals surface area contributed by atoms with Gasteiger partial charge >= 0.3 is 0 Å². The molecule has 1 saturated heterocycles. The summed E-state index contributed by atoms with van der Waals surface area (Å²) in [4.78, 5) is 13.3. The van der Waals surface area contributed by atoms with Crippen LogP contribution in [-0.4, -0.2) is 66.8 Å². The van der Waals surface area contributed by atoms with Crippen molar-refractivity contribution < 1.29 is 15.0 Å². The Morgan fingerprint density at radius 3 is 2.39 bits per heavy atom. The highest BCUT2D eigenvalue weighted by molar-refractivity contribution is 5.77. The number of likely N-dealkylation sites (tertiary alicyclic amines) is 1. The fraction of sp³-hybridized carbons (Fsp3) is 0.560. The second-order valence-electron chi connectivity index (χ2n) is 7.62. The van der Waals surface area contributed by atoms with Crippen molar-refractivity contribution >= 4 is 11.5 Å². The minimum atomic E-state index is 0.0627. The molecular weight excluding hydrogens is 390 g/mol. The second-order valence-corrected chi connectivity index (χ2v) is 7.62. The Bertz CT molecular complexity index is 639. The van der Waals surface area contributed by atoms with Crippen LogP contribution in [0.1, 0.15) is 44.2 Å². The standard InChI is InChI=1S/C16H24N2O2.C5H11NO.C4H8/c1-12-3-4-16(14(9-12)11-19)17-15-5-7-18(8-6-15)10-13(2)20;1-6-4-2-3-5-7;1-3-4-2/h3-4,9,15,17,19H,5-8,10-11H2,1-2H3;2-3,6-7H,4-5H2,1H3;3H,1,4H2,2H3/b;3-2+;. The SMILES string of the molecule is C=CCC.CC(=O)CN1CCC(Nc2ccc(C)cc2CO)CC1.CNC/C=C/CO. The lowest BCUT2D eigenvalue weighted by Crippen LogP contribution is -2.41. The first kappa shape index (κ1) is 29.0. The third kappa shape index (κ3) is 14.6. The van der Waals surface area contributed by atoms with Gasteiger partial charge in [0.15, 0.2) is 0 Å². The molecule has 0 saturated carbocycles. The van der Waals surface area contributed by atoms with Crippen LogP contribution in [0.4, 0.5) is 5.69 Å². The number of aliphatic hydroxyl groups is 2. The number of aliphatic hydroxyl groups excluding tert-OH is 2. The average molecular weight is 434 g/mol. The van der Waals surface area contributed by atoms with E-state index in [2.05, 4.69) is 35.1 Å². The summed E-state index contributed by atoms with van der Waals surface area (Å²) in [6.07, 6.45) is 8.61. The van der Waals surface area contributed by atoms with Crippen molar-refractivity contribution in [3.8, 4) is 0 Å². The van der Waals surface area contributed by atoms with Gasteiger partial charge in [0.05, 0.1) is 19.8 Å². The summed E-state index contributed by atoms with van der Waals surface area (Å²) in [7, 11) is 1.86. The number of benzene rings is 1. The highest BCUT2D eigenvalue weighted by Gasteiger charge is 2.20. The molecule has 0 atom stereocenters. The van der Waals surface area contributed by atoms with E-state index in [1.54, 1.807) is 13.0 Å². The molecule has 1 aromatic rings. The van der Waals surface area contributed by atoms with Crippen LogP contribution in [0.3, 0.4) is 0 Å². The van der Waals surface area contributed by atoms with Gasteiger partial charge in [-0.2, -0.15) is 0 Å². The molecule has 0 bridgehead atoms. The van der Waals surface area contributed by atoms with Crippen LogP contribution in [0.2, 0.25) is 0 Å². The Balaban J connectivity index is 0.000000681. The van der Waals surface area contributed by atoms with Crippen molar-refractivity contribution in [3.63, 3.8) is 0 Å². The molecule has 176 valence electrons. The second kappa shape index (κ2) is 18.8. The largest absolute Gasteiger partial charge is 0.392 e. The topological polar surface area (TPSA) is 84.8 Å². The molecular formula is C25H43N3O3. The number of nitrogens with zero attached hydrogens (tertiary/aromatic N) is 1. The van der Waals surface area contributed by atoms with Gasteiger partial charge in [-0.05, 0) is 46.2 Å². The van der Waals surface area contributed by atoms with Crippen LogP contribution in [-0.2, 0) is 11.4 Å². The monoisotopic (exact) mass is 433 g/mol. The zero-order valence-corrected chi connectivity index (χ0v) is 19.9. The lowest BCUT2D eigenvalue weighted by molar-refractivity contribution is -0.118. The molecule has 1 fully saturated rings. The molecule has 0 radical (unpaired) electrons. The highest BCUT2D eigenvalue weighted by atomic mass is 16.3. The summed E-state index contributed by atoms with van der Waals surface area (Å²) in [5.74, 6) is 0.234. The third-order valence-electron chi connectivity index (χ3n) is 4.71. The molecule has 0 unspecified atom stereocenters. The number of likely N-dealkylation sites (N-methyl/N-ethyl adjacent to an activating group) is 1. The molecule has 1 aliphatic heterocycles. The molecule has 1 aromatic carbocycles. The van der Waals surface area contributed by atoms with E-state index in [1.165, 1.54) is 0 Å². The number of ketones is 1. The molecule has 31 heavy (non-hydrogen) atoms. The molecule has 0 amide bonds. The smallest absolute Gasteiger partial charge is 0.143 e. The van der Waals surface area contributed by atoms with Crippen LogP contribution in [0.15, 0.2) is 43.0 Å². The molecule has 0 spiro atoms. The maximum atomic E-state index is 11.1. The zero-order valence-electron chi connectivity index (χ0n) is 19.9. The lowest BCUT2D eigenvalue weighted by atomic mass is 10.0. The van der Waals surface area contributed by atoms with Gasteiger partial charge in [0.2, 0.25) is 0 Å². The van der Waals surface area contributed by atoms with Crippen LogP contribution in [0, 0.1) is 6.92 Å². The molecule has 0 aromatic heterocycles. The van der Waals surface area contributed by atoms with E-state index >= 15 is 0 Å². The van der Waals surface area contributed by atoms with E-state index < -0.39 is 0 Å². The Kier molecular flexibility index (Phi) is 17.5. The Morgan fingerprint density at radius 2 is 1.90 bits per heavy atom. The fourth-order valence-corrected chi connectivity index (χ4v) is 3.04. The molecule has 6 nitrogen and oxygen atoms in total. The van der Waals surface area contributed by atoms with E-state index in [0.29, 0.717) is 12.6 Å². The number of hydrogen-bond donors (Lipinski definition) is 4. The van der Waals surface area contributed by atoms with E-state index in [9.17, 15) is 9.90 Å². The zero-order chi connectivity index (χ0) is 23.5. The summed E-state index contributed by atoms with van der Waals surface area (Å²) in [5.41, 5.74) is 3.15. The first-order chi connectivity index (χ1) is 14.9. The summed E-state index contributed by atoms with van der Waals surface area (Å²) >= 11 is 0. The number of aryl methyl sites for hydroxylation is 1. The number of hydrogen-bond acceptors (Lipinski definition) is 6. The van der Waals surface area contributed by atoms with Crippen molar-refractivity contribution in [2.75, 3.05) is 45.2 Å². The van der Waals surface area contributed by atoms with Crippen molar-refractivity contribution in [3.05, 3.63) is 54.1 Å². The summed E-state index contributed by atoms with van der Waals surface area (Å²) < 4.78 is 0. The van der Waals surface area contributed by atoms with Crippen LogP contribution < -0.4 is 10.6 Å². The normalized spacial score (nSPS) is 14.3. The van der Waals surface area contributed by atoms with Crippen LogP contribution in [0.5, 0.6) is 0 Å². The molecule has 4 N–H and O–H groups in total. The van der Waals surface area contributed by atoms with Gasteiger partial charge in [-0.1, -0.05) is 42.8 Å². The number of allylic oxidation sites excluding steroid dienone is 1. The minimum Gasteiger partial charge on any atom is -0.392 e. The number of carbonyl (C=O) groups is 1. The van der Waals surface area contributed by atoms with Crippen molar-refractivity contribution in [2.45, 2.75) is 52.7 Å². The lowest BCUT2D eigenvalue weighted by Gasteiger charge is -2.32. The number of nitrogens with one attached hydrogen (secondary N) is 2. The van der Waals surface area contributed by atoms with Gasteiger partial charge < -0.3 is 20.8 Å². The third-order valence-corrected chi connectivity index (χ3v) is 4.71. The predicted molar refractivity (Wildman–Crippen MR) is 132 cm³/mol. The molecule has 6 heteroatoms. The number of piperidine rings is 1. The average Bonchev–Trinajstić information content (AvgIpc) is 2.77. The number of carbonyl (C=O) groups excluding carboxylic acids is 1. The van der Waals surface area contributed by atoms with Gasteiger partial charge in [0.25, 0.3) is 0 Å². The van der Waals surface area contributed by atoms with Crippen LogP contribution >= 0.6 is 0 Å². The van der Waals surface area contributed by atoms with Crippen molar-refractivity contribution in [2.24, 2.45) is 0 Å². The van der Waals surface area contributed by atoms with Crippen molar-refractivity contribution in [1.29, 1.82) is 0 Å². The first-order valence-corrected chi connectivity index (χ1v) is 11.1. The van der Waals surface area contributed by atoms with E-state index in [0.717, 1.165) is 55.7 Å². The highest BCUT2D eigenvalue weighted by Crippen LogP contribution is 2.21. The minimum absolute atomic E-state index is 0.0627. The Morgan fingerprint density at radius 1 is 1.26 bits per heavy atom. The summed E-state index contributed by atoms with van der Waals surface area (Å²) in [5, 5.41) is 24.0. The molecule has 1 heterocycles.